The van der Waals surface area contributed by atoms with Crippen LogP contribution in [0.2, 0.25) is 0 Å². The molecule has 2 aromatic rings. The second-order valence-corrected chi connectivity index (χ2v) is 5.88. The lowest BCUT2D eigenvalue weighted by atomic mass is 9.92. The van der Waals surface area contributed by atoms with Crippen molar-refractivity contribution in [2.75, 3.05) is 13.1 Å². The summed E-state index contributed by atoms with van der Waals surface area (Å²) in [4.78, 5) is 14.1. The molecule has 0 radical (unpaired) electrons. The number of furan rings is 1. The first-order valence-electron chi connectivity index (χ1n) is 7.50. The lowest BCUT2D eigenvalue weighted by molar-refractivity contribution is -0.139. The number of nitrogens with zero attached hydrogens (tertiary/aromatic N) is 4. The molecule has 3 heterocycles. The summed E-state index contributed by atoms with van der Waals surface area (Å²) in [5.41, 5.74) is 0.0836. The first-order valence-corrected chi connectivity index (χ1v) is 7.50. The zero-order chi connectivity index (χ0) is 15.4. The van der Waals surface area contributed by atoms with Gasteiger partial charge < -0.3 is 14.4 Å². The summed E-state index contributed by atoms with van der Waals surface area (Å²) in [6, 6.07) is 1.87. The van der Waals surface area contributed by atoms with Crippen LogP contribution in [0.4, 0.5) is 0 Å². The quantitative estimate of drug-likeness (QED) is 0.885. The third-order valence-corrected chi connectivity index (χ3v) is 4.04. The van der Waals surface area contributed by atoms with Crippen molar-refractivity contribution >= 4 is 5.91 Å². The van der Waals surface area contributed by atoms with Gasteiger partial charge in [0.05, 0.1) is 31.8 Å². The molecule has 0 aliphatic carbocycles. The Morgan fingerprint density at radius 3 is 3.14 bits per heavy atom. The van der Waals surface area contributed by atoms with Crippen LogP contribution in [0.15, 0.2) is 35.4 Å². The first-order chi connectivity index (χ1) is 10.6. The average Bonchev–Trinajstić information content (AvgIpc) is 3.17. The van der Waals surface area contributed by atoms with E-state index in [0.717, 1.165) is 12.0 Å². The van der Waals surface area contributed by atoms with Crippen molar-refractivity contribution < 1.29 is 14.3 Å². The fraction of sp³-hybridized carbons (Fsp3) is 0.533. The van der Waals surface area contributed by atoms with Gasteiger partial charge in [-0.25, -0.2) is 4.68 Å². The van der Waals surface area contributed by atoms with Crippen molar-refractivity contribution in [2.24, 2.45) is 0 Å². The van der Waals surface area contributed by atoms with Crippen LogP contribution in [0.1, 0.15) is 24.8 Å². The number of hydrogen-bond donors (Lipinski definition) is 1. The molecule has 7 nitrogen and oxygen atoms in total. The Balaban J connectivity index is 1.56. The Bertz CT molecular complexity index is 596. The van der Waals surface area contributed by atoms with Crippen molar-refractivity contribution in [1.82, 2.24) is 19.9 Å². The van der Waals surface area contributed by atoms with Crippen LogP contribution in [-0.4, -0.2) is 49.6 Å². The summed E-state index contributed by atoms with van der Waals surface area (Å²) in [7, 11) is 0. The van der Waals surface area contributed by atoms with Gasteiger partial charge in [-0.3, -0.25) is 4.79 Å². The van der Waals surface area contributed by atoms with Gasteiger partial charge >= 0.3 is 0 Å². The Morgan fingerprint density at radius 1 is 1.50 bits per heavy atom. The number of β-amino-alcohol motifs (C(OH)–C–C–N with tert-alkyl or cyclic N) is 1. The summed E-state index contributed by atoms with van der Waals surface area (Å²) < 4.78 is 6.61. The lowest BCUT2D eigenvalue weighted by Crippen LogP contribution is -2.52. The maximum absolute atomic E-state index is 12.3. The van der Waals surface area contributed by atoms with Crippen LogP contribution in [0.5, 0.6) is 0 Å². The van der Waals surface area contributed by atoms with Crippen molar-refractivity contribution in [3.63, 3.8) is 0 Å². The number of aromatic nitrogens is 3. The van der Waals surface area contributed by atoms with Gasteiger partial charge in [0.2, 0.25) is 5.91 Å². The SMILES string of the molecule is O=C(CCc1ccoc1)N1CCCC(O)(Cn2ccnn2)C1. The molecule has 118 valence electrons. The molecule has 1 saturated heterocycles. The summed E-state index contributed by atoms with van der Waals surface area (Å²) in [6.07, 6.45) is 9.12. The van der Waals surface area contributed by atoms with Crippen LogP contribution in [-0.2, 0) is 17.8 Å². The van der Waals surface area contributed by atoms with E-state index in [0.29, 0.717) is 38.9 Å². The van der Waals surface area contributed by atoms with E-state index in [9.17, 15) is 9.90 Å². The molecule has 1 amide bonds. The minimum Gasteiger partial charge on any atom is -0.472 e. The molecule has 1 aliphatic rings. The topological polar surface area (TPSA) is 84.4 Å². The standard InChI is InChI=1S/C15H20N4O3/c20-14(3-2-13-4-9-22-10-13)18-7-1-5-15(21,11-18)12-19-8-6-16-17-19/h4,6,8-10,21H,1-3,5,7,11-12H2. The molecular weight excluding hydrogens is 284 g/mol. The van der Waals surface area contributed by atoms with Gasteiger partial charge in [-0.2, -0.15) is 0 Å². The van der Waals surface area contributed by atoms with Gasteiger partial charge in [-0.1, -0.05) is 5.21 Å². The number of amides is 1. The number of aliphatic hydroxyl groups is 1. The van der Waals surface area contributed by atoms with Crippen LogP contribution in [0.25, 0.3) is 0 Å². The van der Waals surface area contributed by atoms with E-state index in [2.05, 4.69) is 10.3 Å². The minimum atomic E-state index is -0.933. The number of piperidine rings is 1. The van der Waals surface area contributed by atoms with Crippen LogP contribution >= 0.6 is 0 Å². The van der Waals surface area contributed by atoms with E-state index in [-0.39, 0.29) is 5.91 Å². The molecule has 1 unspecified atom stereocenters. The predicted octanol–water partition coefficient (Wildman–Crippen LogP) is 0.857. The van der Waals surface area contributed by atoms with Crippen molar-refractivity contribution in [2.45, 2.75) is 37.8 Å². The number of likely N-dealkylation sites (tertiary alicyclic amines) is 1. The number of carbonyl (C=O) groups excluding carboxylic acids is 1. The van der Waals surface area contributed by atoms with Crippen LogP contribution in [0, 0.1) is 0 Å². The van der Waals surface area contributed by atoms with Gasteiger partial charge in [-0.15, -0.1) is 5.10 Å². The van der Waals surface area contributed by atoms with E-state index in [1.54, 1.807) is 34.5 Å². The third-order valence-electron chi connectivity index (χ3n) is 4.04. The molecule has 0 saturated carbocycles. The molecule has 22 heavy (non-hydrogen) atoms. The van der Waals surface area contributed by atoms with Gasteiger partial charge in [0, 0.05) is 19.2 Å². The molecule has 1 aliphatic heterocycles. The number of carbonyl (C=O) groups is 1. The Morgan fingerprint density at radius 2 is 2.41 bits per heavy atom. The molecular formula is C15H20N4O3. The normalized spacial score (nSPS) is 22.0. The van der Waals surface area contributed by atoms with E-state index < -0.39 is 5.60 Å². The number of hydrogen-bond acceptors (Lipinski definition) is 5. The number of rotatable bonds is 5. The zero-order valence-electron chi connectivity index (χ0n) is 12.4. The van der Waals surface area contributed by atoms with Crippen LogP contribution in [0.3, 0.4) is 0 Å². The predicted molar refractivity (Wildman–Crippen MR) is 77.8 cm³/mol. The first kappa shape index (κ1) is 14.8. The second kappa shape index (κ2) is 6.31. The lowest BCUT2D eigenvalue weighted by Gasteiger charge is -2.39. The van der Waals surface area contributed by atoms with Crippen LogP contribution < -0.4 is 0 Å². The minimum absolute atomic E-state index is 0.0675. The maximum atomic E-state index is 12.3. The van der Waals surface area contributed by atoms with Crippen molar-refractivity contribution in [3.8, 4) is 0 Å². The highest BCUT2D eigenvalue weighted by Gasteiger charge is 2.35. The van der Waals surface area contributed by atoms with E-state index in [1.165, 1.54) is 0 Å². The van der Waals surface area contributed by atoms with Crippen molar-refractivity contribution in [1.29, 1.82) is 0 Å². The van der Waals surface area contributed by atoms with E-state index >= 15 is 0 Å². The second-order valence-electron chi connectivity index (χ2n) is 5.88. The monoisotopic (exact) mass is 304 g/mol. The van der Waals surface area contributed by atoms with Gasteiger partial charge in [0.15, 0.2) is 0 Å². The summed E-state index contributed by atoms with van der Waals surface area (Å²) >= 11 is 0. The van der Waals surface area contributed by atoms with Gasteiger partial charge in [-0.05, 0) is 30.9 Å². The van der Waals surface area contributed by atoms with Crippen molar-refractivity contribution in [3.05, 3.63) is 36.5 Å². The highest BCUT2D eigenvalue weighted by molar-refractivity contribution is 5.76. The zero-order valence-corrected chi connectivity index (χ0v) is 12.4. The summed E-state index contributed by atoms with van der Waals surface area (Å²) in [6.45, 7) is 1.40. The average molecular weight is 304 g/mol. The molecule has 7 heteroatoms. The molecule has 1 atom stereocenters. The highest BCUT2D eigenvalue weighted by atomic mass is 16.3. The van der Waals surface area contributed by atoms with Gasteiger partial charge in [0.1, 0.15) is 5.60 Å². The Labute approximate surface area is 128 Å². The molecule has 1 N–H and O–H groups in total. The van der Waals surface area contributed by atoms with Gasteiger partial charge in [0.25, 0.3) is 0 Å². The molecule has 0 bridgehead atoms. The molecule has 0 aromatic carbocycles. The number of aryl methyl sites for hydroxylation is 1. The Hall–Kier alpha value is -2.15. The summed E-state index contributed by atoms with van der Waals surface area (Å²) in [5.74, 6) is 0.0675. The third kappa shape index (κ3) is 3.54. The largest absolute Gasteiger partial charge is 0.472 e. The van der Waals surface area contributed by atoms with E-state index in [4.69, 9.17) is 4.42 Å². The molecule has 2 aromatic heterocycles. The maximum Gasteiger partial charge on any atom is 0.223 e. The molecule has 0 spiro atoms. The fourth-order valence-corrected chi connectivity index (χ4v) is 2.92. The fourth-order valence-electron chi connectivity index (χ4n) is 2.92. The van der Waals surface area contributed by atoms with E-state index in [1.807, 2.05) is 6.07 Å². The highest BCUT2D eigenvalue weighted by Crippen LogP contribution is 2.23. The molecule has 1 fully saturated rings. The summed E-state index contributed by atoms with van der Waals surface area (Å²) in [5, 5.41) is 18.3. The Kier molecular flexibility index (Phi) is 4.24. The smallest absolute Gasteiger partial charge is 0.223 e. The molecule has 3 rings (SSSR count).